The number of nitrogens with one attached hydrogen (secondary N) is 2. The molecule has 4 N–H and O–H groups in total. The smallest absolute Gasteiger partial charge is 0.339 e. The lowest BCUT2D eigenvalue weighted by atomic mass is 10.2. The molecule has 1 aromatic carbocycles. The summed E-state index contributed by atoms with van der Waals surface area (Å²) in [7, 11) is 0. The Bertz CT molecular complexity index is 501. The van der Waals surface area contributed by atoms with Gasteiger partial charge in [-0.2, -0.15) is 0 Å². The van der Waals surface area contributed by atoms with E-state index in [1.165, 1.54) is 18.2 Å². The van der Waals surface area contributed by atoms with Crippen LogP contribution in [0.15, 0.2) is 18.2 Å². The maximum absolute atomic E-state index is 11.5. The molecule has 0 aliphatic heterocycles. The van der Waals surface area contributed by atoms with E-state index >= 15 is 0 Å². The maximum Gasteiger partial charge on any atom is 0.339 e. The summed E-state index contributed by atoms with van der Waals surface area (Å²) in [5.41, 5.74) is 0.153. The minimum Gasteiger partial charge on any atom is -0.507 e. The molecule has 6 heteroatoms. The lowest BCUT2D eigenvalue weighted by molar-refractivity contribution is 0.0694. The van der Waals surface area contributed by atoms with Gasteiger partial charge in [-0.1, -0.05) is 6.92 Å². The standard InChI is InChI=1S/C12H14N2O4/c1-6-4-9(6)14-12(18)13-7-2-3-8(11(16)17)10(15)5-7/h2-3,5-6,9,15H,4H2,1H3,(H,16,17)(H2,13,14,18). The molecule has 1 fully saturated rings. The second-order valence-corrected chi connectivity index (χ2v) is 4.46. The highest BCUT2D eigenvalue weighted by atomic mass is 16.4. The Morgan fingerprint density at radius 3 is 2.56 bits per heavy atom. The van der Waals surface area contributed by atoms with Gasteiger partial charge in [-0.3, -0.25) is 0 Å². The van der Waals surface area contributed by atoms with Crippen LogP contribution in [0.3, 0.4) is 0 Å². The minimum absolute atomic E-state index is 0.197. The fourth-order valence-corrected chi connectivity index (χ4v) is 1.65. The Balaban J connectivity index is 1.99. The number of aromatic hydroxyl groups is 1. The van der Waals surface area contributed by atoms with E-state index in [1.54, 1.807) is 0 Å². The number of carboxylic acids is 1. The van der Waals surface area contributed by atoms with Crippen LogP contribution in [0.2, 0.25) is 0 Å². The zero-order chi connectivity index (χ0) is 13.3. The van der Waals surface area contributed by atoms with E-state index in [2.05, 4.69) is 10.6 Å². The summed E-state index contributed by atoms with van der Waals surface area (Å²) < 4.78 is 0. The molecular formula is C12H14N2O4. The van der Waals surface area contributed by atoms with E-state index < -0.39 is 5.97 Å². The number of anilines is 1. The summed E-state index contributed by atoms with van der Waals surface area (Å²) in [6.45, 7) is 2.04. The Morgan fingerprint density at radius 1 is 1.39 bits per heavy atom. The minimum atomic E-state index is -1.21. The van der Waals surface area contributed by atoms with Crippen molar-refractivity contribution in [3.8, 4) is 5.75 Å². The number of carbonyl (C=O) groups excluding carboxylic acids is 1. The number of aromatic carboxylic acids is 1. The SMILES string of the molecule is CC1CC1NC(=O)Nc1ccc(C(=O)O)c(O)c1. The van der Waals surface area contributed by atoms with Crippen LogP contribution in [-0.2, 0) is 0 Å². The highest BCUT2D eigenvalue weighted by Crippen LogP contribution is 2.29. The lowest BCUT2D eigenvalue weighted by Crippen LogP contribution is -2.31. The second-order valence-electron chi connectivity index (χ2n) is 4.46. The van der Waals surface area contributed by atoms with Crippen molar-refractivity contribution in [2.45, 2.75) is 19.4 Å². The molecule has 18 heavy (non-hydrogen) atoms. The van der Waals surface area contributed by atoms with Crippen LogP contribution >= 0.6 is 0 Å². The van der Waals surface area contributed by atoms with Gasteiger partial charge < -0.3 is 20.8 Å². The Morgan fingerprint density at radius 2 is 2.06 bits per heavy atom. The molecule has 0 radical (unpaired) electrons. The molecule has 2 amide bonds. The predicted molar refractivity (Wildman–Crippen MR) is 64.8 cm³/mol. The number of hydrogen-bond donors (Lipinski definition) is 4. The van der Waals surface area contributed by atoms with Crippen molar-refractivity contribution in [2.75, 3.05) is 5.32 Å². The van der Waals surface area contributed by atoms with Crippen molar-refractivity contribution in [3.05, 3.63) is 23.8 Å². The second kappa shape index (κ2) is 4.56. The first-order chi connectivity index (χ1) is 8.47. The Kier molecular flexibility index (Phi) is 3.10. The van der Waals surface area contributed by atoms with Gasteiger partial charge in [-0.05, 0) is 24.5 Å². The normalized spacial score (nSPS) is 21.2. The van der Waals surface area contributed by atoms with Crippen molar-refractivity contribution in [1.29, 1.82) is 0 Å². The Hall–Kier alpha value is -2.24. The van der Waals surface area contributed by atoms with Crippen LogP contribution in [0, 0.1) is 5.92 Å². The third-order valence-electron chi connectivity index (χ3n) is 2.91. The lowest BCUT2D eigenvalue weighted by Gasteiger charge is -2.08. The fourth-order valence-electron chi connectivity index (χ4n) is 1.65. The third-order valence-corrected chi connectivity index (χ3v) is 2.91. The Labute approximate surface area is 104 Å². The number of phenols is 1. The first-order valence-corrected chi connectivity index (χ1v) is 5.61. The van der Waals surface area contributed by atoms with Crippen LogP contribution < -0.4 is 10.6 Å². The van der Waals surface area contributed by atoms with Crippen LogP contribution in [-0.4, -0.2) is 28.3 Å². The molecule has 1 saturated carbocycles. The number of urea groups is 1. The van der Waals surface area contributed by atoms with E-state index in [1.807, 2.05) is 6.92 Å². The number of amides is 2. The highest BCUT2D eigenvalue weighted by molar-refractivity contribution is 5.94. The molecule has 2 unspecified atom stereocenters. The van der Waals surface area contributed by atoms with Gasteiger partial charge in [-0.15, -0.1) is 0 Å². The third kappa shape index (κ3) is 2.71. The summed E-state index contributed by atoms with van der Waals surface area (Å²) in [4.78, 5) is 22.2. The molecule has 1 aromatic rings. The van der Waals surface area contributed by atoms with Gasteiger partial charge in [0, 0.05) is 17.8 Å². The van der Waals surface area contributed by atoms with Gasteiger partial charge in [0.05, 0.1) is 0 Å². The number of hydrogen-bond acceptors (Lipinski definition) is 3. The van der Waals surface area contributed by atoms with Crippen molar-refractivity contribution in [1.82, 2.24) is 5.32 Å². The topological polar surface area (TPSA) is 98.7 Å². The monoisotopic (exact) mass is 250 g/mol. The molecule has 6 nitrogen and oxygen atoms in total. The average Bonchev–Trinajstić information content (AvgIpc) is 2.93. The van der Waals surface area contributed by atoms with Crippen LogP contribution in [0.1, 0.15) is 23.7 Å². The summed E-state index contributed by atoms with van der Waals surface area (Å²) in [6, 6.07) is 3.73. The van der Waals surface area contributed by atoms with Gasteiger partial charge in [0.15, 0.2) is 0 Å². The van der Waals surface area contributed by atoms with Crippen molar-refractivity contribution in [3.63, 3.8) is 0 Å². The zero-order valence-electron chi connectivity index (χ0n) is 9.80. The zero-order valence-corrected chi connectivity index (χ0v) is 9.80. The molecule has 0 aromatic heterocycles. The van der Waals surface area contributed by atoms with Gasteiger partial charge in [0.25, 0.3) is 0 Å². The summed E-state index contributed by atoms with van der Waals surface area (Å²) in [5, 5.41) is 23.5. The number of rotatable bonds is 3. The van der Waals surface area contributed by atoms with Gasteiger partial charge >= 0.3 is 12.0 Å². The van der Waals surface area contributed by atoms with Crippen LogP contribution in [0.25, 0.3) is 0 Å². The first kappa shape index (κ1) is 12.2. The summed E-state index contributed by atoms with van der Waals surface area (Å²) in [5.74, 6) is -1.09. The molecule has 0 heterocycles. The van der Waals surface area contributed by atoms with Crippen molar-refractivity contribution >= 4 is 17.7 Å². The van der Waals surface area contributed by atoms with Crippen LogP contribution in [0.5, 0.6) is 5.75 Å². The molecule has 1 aliphatic carbocycles. The van der Waals surface area contributed by atoms with E-state index in [-0.39, 0.29) is 23.4 Å². The summed E-state index contributed by atoms with van der Waals surface area (Å²) >= 11 is 0. The molecule has 96 valence electrons. The van der Waals surface area contributed by atoms with Gasteiger partial charge in [0.2, 0.25) is 0 Å². The molecule has 0 saturated heterocycles. The molecule has 1 aliphatic rings. The van der Waals surface area contributed by atoms with Crippen molar-refractivity contribution < 1.29 is 19.8 Å². The quantitative estimate of drug-likeness (QED) is 0.655. The number of carbonyl (C=O) groups is 2. The molecule has 0 spiro atoms. The highest BCUT2D eigenvalue weighted by Gasteiger charge is 2.33. The molecule has 0 bridgehead atoms. The van der Waals surface area contributed by atoms with Crippen molar-refractivity contribution in [2.24, 2.45) is 5.92 Å². The van der Waals surface area contributed by atoms with Crippen LogP contribution in [0.4, 0.5) is 10.5 Å². The fraction of sp³-hybridized carbons (Fsp3) is 0.333. The molecule has 2 atom stereocenters. The first-order valence-electron chi connectivity index (χ1n) is 5.61. The molecule has 2 rings (SSSR count). The largest absolute Gasteiger partial charge is 0.507 e. The van der Waals surface area contributed by atoms with E-state index in [9.17, 15) is 14.7 Å². The van der Waals surface area contributed by atoms with Gasteiger partial charge in [-0.25, -0.2) is 9.59 Å². The number of benzene rings is 1. The predicted octanol–water partition coefficient (Wildman–Crippen LogP) is 1.62. The number of carboxylic acid groups (broad SMARTS) is 1. The van der Waals surface area contributed by atoms with E-state index in [0.29, 0.717) is 11.6 Å². The summed E-state index contributed by atoms with van der Waals surface area (Å²) in [6.07, 6.45) is 0.969. The molecular weight excluding hydrogens is 236 g/mol. The van der Waals surface area contributed by atoms with E-state index in [0.717, 1.165) is 6.42 Å². The maximum atomic E-state index is 11.5. The average molecular weight is 250 g/mol. The van der Waals surface area contributed by atoms with Gasteiger partial charge in [0.1, 0.15) is 11.3 Å². The van der Waals surface area contributed by atoms with E-state index in [4.69, 9.17) is 5.11 Å².